The molecule has 2 aromatic rings. The Hall–Kier alpha value is -2.27. The third-order valence-corrected chi connectivity index (χ3v) is 3.77. The second-order valence-corrected chi connectivity index (χ2v) is 4.98. The minimum Gasteiger partial charge on any atom is -0.508 e. The van der Waals surface area contributed by atoms with Gasteiger partial charge in [0.05, 0.1) is 0 Å². The average molecular weight is 286 g/mol. The molecular weight excluding hydrogens is 272 g/mol. The maximum Gasteiger partial charge on any atom is 0.180 e. The lowest BCUT2D eigenvalue weighted by atomic mass is 10.3. The Morgan fingerprint density at radius 1 is 0.700 bits per heavy atom. The number of nitrogens with zero attached hydrogens (tertiary/aromatic N) is 2. The van der Waals surface area contributed by atoms with Crippen LogP contribution in [-0.4, -0.2) is 28.4 Å². The van der Waals surface area contributed by atoms with Gasteiger partial charge < -0.3 is 20.0 Å². The molecule has 2 N–H and O–H groups in total. The predicted octanol–water partition coefficient (Wildman–Crippen LogP) is 2.71. The summed E-state index contributed by atoms with van der Waals surface area (Å²) in [5, 5.41) is 19.4. The van der Waals surface area contributed by atoms with Crippen molar-refractivity contribution in [1.82, 2.24) is 0 Å². The third kappa shape index (κ3) is 2.28. The van der Waals surface area contributed by atoms with Gasteiger partial charge in [-0.2, -0.15) is 0 Å². The fraction of sp³-hybridized carbons (Fsp3) is 0.133. The zero-order valence-electron chi connectivity index (χ0n) is 10.7. The van der Waals surface area contributed by atoms with Gasteiger partial charge in [0.25, 0.3) is 0 Å². The number of rotatable bonds is 2. The summed E-state index contributed by atoms with van der Waals surface area (Å²) in [5.74, 6) is 0.489. The molecule has 0 amide bonds. The summed E-state index contributed by atoms with van der Waals surface area (Å²) in [6.07, 6.45) is 0. The van der Waals surface area contributed by atoms with Gasteiger partial charge in [-0.3, -0.25) is 0 Å². The zero-order chi connectivity index (χ0) is 14.1. The summed E-state index contributed by atoms with van der Waals surface area (Å²) >= 11 is 5.52. The molecule has 0 radical (unpaired) electrons. The minimum absolute atomic E-state index is 0.245. The number of hydrogen-bond donors (Lipinski definition) is 2. The molecule has 1 saturated heterocycles. The largest absolute Gasteiger partial charge is 0.508 e. The standard InChI is InChI=1S/C15H14N2O2S/c18-13-5-1-11(2-6-13)16-9-10-17(15(16)20)12-3-7-14(19)8-4-12/h1-8,18-19H,9-10H2. The fourth-order valence-electron chi connectivity index (χ4n) is 2.28. The Balaban J connectivity index is 1.83. The van der Waals surface area contributed by atoms with Crippen molar-refractivity contribution in [2.24, 2.45) is 0 Å². The van der Waals surface area contributed by atoms with E-state index in [0.717, 1.165) is 29.6 Å². The first-order valence-corrected chi connectivity index (χ1v) is 6.73. The zero-order valence-corrected chi connectivity index (χ0v) is 11.5. The van der Waals surface area contributed by atoms with Crippen LogP contribution in [0.3, 0.4) is 0 Å². The maximum atomic E-state index is 9.34. The highest BCUT2D eigenvalue weighted by Gasteiger charge is 2.26. The molecule has 1 aliphatic heterocycles. The monoisotopic (exact) mass is 286 g/mol. The number of thiocarbonyl (C=S) groups is 1. The molecule has 0 atom stereocenters. The van der Waals surface area contributed by atoms with Gasteiger partial charge in [0, 0.05) is 24.5 Å². The van der Waals surface area contributed by atoms with E-state index in [2.05, 4.69) is 0 Å². The summed E-state index contributed by atoms with van der Waals surface area (Å²) in [5.41, 5.74) is 1.93. The fourth-order valence-corrected chi connectivity index (χ4v) is 2.67. The van der Waals surface area contributed by atoms with E-state index in [1.807, 2.05) is 34.1 Å². The summed E-state index contributed by atoms with van der Waals surface area (Å²) in [6.45, 7) is 1.59. The molecular formula is C15H14N2O2S. The van der Waals surface area contributed by atoms with Crippen molar-refractivity contribution >= 4 is 28.7 Å². The molecule has 0 aromatic heterocycles. The average Bonchev–Trinajstić information content (AvgIpc) is 2.83. The van der Waals surface area contributed by atoms with Crippen molar-refractivity contribution in [3.63, 3.8) is 0 Å². The van der Waals surface area contributed by atoms with Crippen LogP contribution in [-0.2, 0) is 0 Å². The highest BCUT2D eigenvalue weighted by Crippen LogP contribution is 2.27. The highest BCUT2D eigenvalue weighted by atomic mass is 32.1. The van der Waals surface area contributed by atoms with Crippen LogP contribution in [0.5, 0.6) is 11.5 Å². The molecule has 0 saturated carbocycles. The number of benzene rings is 2. The first-order chi connectivity index (χ1) is 9.65. The number of aromatic hydroxyl groups is 2. The van der Waals surface area contributed by atoms with Crippen LogP contribution < -0.4 is 9.80 Å². The van der Waals surface area contributed by atoms with Gasteiger partial charge in [-0.1, -0.05) is 0 Å². The lowest BCUT2D eigenvalue weighted by Crippen LogP contribution is -2.31. The Bertz CT molecular complexity index is 570. The molecule has 20 heavy (non-hydrogen) atoms. The van der Waals surface area contributed by atoms with Gasteiger partial charge in [-0.05, 0) is 60.7 Å². The van der Waals surface area contributed by atoms with E-state index >= 15 is 0 Å². The number of hydrogen-bond acceptors (Lipinski definition) is 3. The lowest BCUT2D eigenvalue weighted by molar-refractivity contribution is 0.475. The lowest BCUT2D eigenvalue weighted by Gasteiger charge is -2.22. The van der Waals surface area contributed by atoms with Crippen molar-refractivity contribution in [3.05, 3.63) is 48.5 Å². The quantitative estimate of drug-likeness (QED) is 0.831. The Morgan fingerprint density at radius 2 is 1.05 bits per heavy atom. The predicted molar refractivity (Wildman–Crippen MR) is 83.5 cm³/mol. The highest BCUT2D eigenvalue weighted by molar-refractivity contribution is 7.80. The molecule has 0 aliphatic carbocycles. The first kappa shape index (κ1) is 12.7. The molecule has 1 heterocycles. The molecule has 102 valence electrons. The van der Waals surface area contributed by atoms with E-state index in [0.29, 0.717) is 0 Å². The smallest absolute Gasteiger partial charge is 0.180 e. The van der Waals surface area contributed by atoms with Crippen LogP contribution >= 0.6 is 12.2 Å². The minimum atomic E-state index is 0.245. The van der Waals surface area contributed by atoms with Crippen molar-refractivity contribution in [1.29, 1.82) is 0 Å². The summed E-state index contributed by atoms with van der Waals surface area (Å²) in [4.78, 5) is 4.06. The van der Waals surface area contributed by atoms with Crippen LogP contribution in [0.1, 0.15) is 0 Å². The molecule has 0 unspecified atom stereocenters. The van der Waals surface area contributed by atoms with Crippen LogP contribution in [0.25, 0.3) is 0 Å². The number of anilines is 2. The van der Waals surface area contributed by atoms with Crippen molar-refractivity contribution in [2.75, 3.05) is 22.9 Å². The van der Waals surface area contributed by atoms with Gasteiger partial charge >= 0.3 is 0 Å². The molecule has 1 aliphatic rings. The van der Waals surface area contributed by atoms with Crippen molar-refractivity contribution in [3.8, 4) is 11.5 Å². The number of phenols is 2. The third-order valence-electron chi connectivity index (χ3n) is 3.33. The normalized spacial score (nSPS) is 14.9. The van der Waals surface area contributed by atoms with E-state index in [9.17, 15) is 10.2 Å². The second-order valence-electron chi connectivity index (χ2n) is 4.62. The van der Waals surface area contributed by atoms with E-state index in [4.69, 9.17) is 12.2 Å². The molecule has 5 heteroatoms. The Kier molecular flexibility index (Phi) is 3.20. The van der Waals surface area contributed by atoms with E-state index in [1.54, 1.807) is 24.3 Å². The van der Waals surface area contributed by atoms with Gasteiger partial charge in [0.15, 0.2) is 5.11 Å². The molecule has 3 rings (SSSR count). The van der Waals surface area contributed by atoms with Gasteiger partial charge in [0.1, 0.15) is 11.5 Å². The van der Waals surface area contributed by atoms with E-state index < -0.39 is 0 Å². The van der Waals surface area contributed by atoms with E-state index in [1.165, 1.54) is 0 Å². The van der Waals surface area contributed by atoms with Crippen LogP contribution in [0.15, 0.2) is 48.5 Å². The van der Waals surface area contributed by atoms with Gasteiger partial charge in [-0.15, -0.1) is 0 Å². The van der Waals surface area contributed by atoms with Crippen molar-refractivity contribution < 1.29 is 10.2 Å². The maximum absolute atomic E-state index is 9.34. The molecule has 4 nitrogen and oxygen atoms in total. The van der Waals surface area contributed by atoms with Gasteiger partial charge in [0.2, 0.25) is 0 Å². The second kappa shape index (κ2) is 5.02. The van der Waals surface area contributed by atoms with Crippen molar-refractivity contribution in [2.45, 2.75) is 0 Å². The first-order valence-electron chi connectivity index (χ1n) is 6.32. The molecule has 2 aromatic carbocycles. The summed E-state index contributed by atoms with van der Waals surface area (Å²) in [7, 11) is 0. The van der Waals surface area contributed by atoms with Gasteiger partial charge in [-0.25, -0.2) is 0 Å². The Morgan fingerprint density at radius 3 is 1.40 bits per heavy atom. The molecule has 1 fully saturated rings. The van der Waals surface area contributed by atoms with E-state index in [-0.39, 0.29) is 11.5 Å². The molecule has 0 spiro atoms. The summed E-state index contributed by atoms with van der Waals surface area (Å²) in [6, 6.07) is 14.0. The number of phenolic OH excluding ortho intramolecular Hbond substituents is 2. The summed E-state index contributed by atoms with van der Waals surface area (Å²) < 4.78 is 0. The Labute approximate surface area is 122 Å². The van der Waals surface area contributed by atoms with Crippen LogP contribution in [0.4, 0.5) is 11.4 Å². The van der Waals surface area contributed by atoms with Crippen LogP contribution in [0, 0.1) is 0 Å². The topological polar surface area (TPSA) is 46.9 Å². The molecule has 0 bridgehead atoms. The SMILES string of the molecule is Oc1ccc(N2CCN(c3ccc(O)cc3)C2=S)cc1. The van der Waals surface area contributed by atoms with Crippen LogP contribution in [0.2, 0.25) is 0 Å².